The van der Waals surface area contributed by atoms with Crippen LogP contribution in [0.1, 0.15) is 101 Å². The minimum Gasteiger partial charge on any atom is -0.285 e. The Bertz CT molecular complexity index is 1040. The van der Waals surface area contributed by atoms with Crippen molar-refractivity contribution in [3.8, 4) is 0 Å². The number of nitrogens with zero attached hydrogens (tertiary/aromatic N) is 2. The van der Waals surface area contributed by atoms with Gasteiger partial charge in [0.25, 0.3) is 17.7 Å². The molecule has 1 N–H and O–H groups in total. The Kier molecular flexibility index (Phi) is 6.15. The van der Waals surface area contributed by atoms with Crippen LogP contribution in [0.2, 0.25) is 0 Å². The van der Waals surface area contributed by atoms with Gasteiger partial charge in [0.15, 0.2) is 0 Å². The van der Waals surface area contributed by atoms with Crippen molar-refractivity contribution in [2.24, 2.45) is 0 Å². The first-order valence-electron chi connectivity index (χ1n) is 11.5. The maximum absolute atomic E-state index is 13.5. The number of hydrogen-bond donors (Lipinski definition) is 1. The van der Waals surface area contributed by atoms with Crippen molar-refractivity contribution in [3.05, 3.63) is 64.2 Å². The number of para-hydroxylation sites is 1. The standard InChI is InChI=1S/C26H31N3O3/c1-16(2)19-9-8-10-20(17(3)4)23(19)29-25(31)21-12-11-18(15-22(21)26(29)32)24(30)27-28-13-6-5-7-14-28/h8-12,15-17H,5-7,13-14H2,1-4H3,(H,27,30). The summed E-state index contributed by atoms with van der Waals surface area (Å²) in [7, 11) is 0. The molecule has 1 fully saturated rings. The summed E-state index contributed by atoms with van der Waals surface area (Å²) in [5.74, 6) is -0.646. The van der Waals surface area contributed by atoms with Gasteiger partial charge in [0.05, 0.1) is 16.8 Å². The second kappa shape index (κ2) is 8.87. The number of fused-ring (bicyclic) bond motifs is 1. The average molecular weight is 434 g/mol. The third kappa shape index (κ3) is 3.95. The van der Waals surface area contributed by atoms with Crippen molar-refractivity contribution in [3.63, 3.8) is 0 Å². The maximum atomic E-state index is 13.5. The highest BCUT2D eigenvalue weighted by molar-refractivity contribution is 6.35. The quantitative estimate of drug-likeness (QED) is 0.684. The largest absolute Gasteiger partial charge is 0.285 e. The summed E-state index contributed by atoms with van der Waals surface area (Å²) in [5.41, 5.74) is 6.56. The fourth-order valence-corrected chi connectivity index (χ4v) is 4.57. The molecule has 2 aromatic rings. The van der Waals surface area contributed by atoms with Gasteiger partial charge in [-0.3, -0.25) is 19.8 Å². The van der Waals surface area contributed by atoms with Gasteiger partial charge in [-0.25, -0.2) is 9.91 Å². The molecule has 6 nitrogen and oxygen atoms in total. The van der Waals surface area contributed by atoms with Crippen LogP contribution in [-0.2, 0) is 0 Å². The van der Waals surface area contributed by atoms with Crippen molar-refractivity contribution < 1.29 is 14.4 Å². The van der Waals surface area contributed by atoms with Crippen LogP contribution in [0, 0.1) is 0 Å². The number of benzene rings is 2. The zero-order valence-electron chi connectivity index (χ0n) is 19.3. The van der Waals surface area contributed by atoms with E-state index in [0.29, 0.717) is 16.8 Å². The summed E-state index contributed by atoms with van der Waals surface area (Å²) in [6, 6.07) is 10.7. The monoisotopic (exact) mass is 433 g/mol. The van der Waals surface area contributed by atoms with Gasteiger partial charge in [0, 0.05) is 18.7 Å². The molecule has 0 spiro atoms. The normalized spacial score (nSPS) is 16.8. The van der Waals surface area contributed by atoms with Gasteiger partial charge in [-0.05, 0) is 54.0 Å². The van der Waals surface area contributed by atoms with Gasteiger partial charge in [-0.15, -0.1) is 0 Å². The highest BCUT2D eigenvalue weighted by atomic mass is 16.2. The van der Waals surface area contributed by atoms with E-state index in [4.69, 9.17) is 0 Å². The molecule has 0 saturated carbocycles. The van der Waals surface area contributed by atoms with E-state index in [2.05, 4.69) is 33.1 Å². The van der Waals surface area contributed by atoms with Crippen LogP contribution in [0.25, 0.3) is 0 Å². The topological polar surface area (TPSA) is 69.7 Å². The number of hydrazine groups is 1. The van der Waals surface area contributed by atoms with Crippen LogP contribution in [0.4, 0.5) is 5.69 Å². The van der Waals surface area contributed by atoms with Crippen molar-refractivity contribution >= 4 is 23.4 Å². The Morgan fingerprint density at radius 1 is 0.844 bits per heavy atom. The van der Waals surface area contributed by atoms with Crippen LogP contribution in [0.15, 0.2) is 36.4 Å². The van der Waals surface area contributed by atoms with Crippen LogP contribution in [0.5, 0.6) is 0 Å². The Hall–Kier alpha value is -2.99. The lowest BCUT2D eigenvalue weighted by atomic mass is 9.92. The highest BCUT2D eigenvalue weighted by Gasteiger charge is 2.39. The molecule has 6 heteroatoms. The molecule has 1 saturated heterocycles. The van der Waals surface area contributed by atoms with E-state index in [1.807, 2.05) is 23.2 Å². The molecule has 32 heavy (non-hydrogen) atoms. The van der Waals surface area contributed by atoms with Crippen LogP contribution in [0.3, 0.4) is 0 Å². The number of nitrogens with one attached hydrogen (secondary N) is 1. The van der Waals surface area contributed by atoms with Crippen molar-refractivity contribution in [1.82, 2.24) is 10.4 Å². The molecule has 2 aromatic carbocycles. The zero-order valence-corrected chi connectivity index (χ0v) is 19.3. The Labute approximate surface area is 189 Å². The third-order valence-corrected chi connectivity index (χ3v) is 6.33. The molecular weight excluding hydrogens is 402 g/mol. The van der Waals surface area contributed by atoms with E-state index in [-0.39, 0.29) is 35.1 Å². The Morgan fingerprint density at radius 2 is 1.44 bits per heavy atom. The van der Waals surface area contributed by atoms with Crippen molar-refractivity contribution in [2.75, 3.05) is 18.0 Å². The van der Waals surface area contributed by atoms with Crippen LogP contribution < -0.4 is 10.3 Å². The molecule has 0 aliphatic carbocycles. The summed E-state index contributed by atoms with van der Waals surface area (Å²) in [5, 5.41) is 1.92. The third-order valence-electron chi connectivity index (χ3n) is 6.33. The molecule has 0 bridgehead atoms. The number of amides is 3. The second-order valence-corrected chi connectivity index (χ2v) is 9.29. The van der Waals surface area contributed by atoms with Gasteiger partial charge in [0.2, 0.25) is 0 Å². The van der Waals surface area contributed by atoms with Gasteiger partial charge in [0.1, 0.15) is 0 Å². The number of piperidine rings is 1. The molecular formula is C26H31N3O3. The van der Waals surface area contributed by atoms with Crippen LogP contribution >= 0.6 is 0 Å². The van der Waals surface area contributed by atoms with Gasteiger partial charge < -0.3 is 0 Å². The Balaban J connectivity index is 1.69. The van der Waals surface area contributed by atoms with Crippen molar-refractivity contribution in [2.45, 2.75) is 58.8 Å². The molecule has 2 heterocycles. The van der Waals surface area contributed by atoms with E-state index in [0.717, 1.165) is 37.1 Å². The zero-order chi connectivity index (χ0) is 23.0. The summed E-state index contributed by atoms with van der Waals surface area (Å²) in [4.78, 5) is 40.9. The van der Waals surface area contributed by atoms with E-state index in [1.54, 1.807) is 18.2 Å². The van der Waals surface area contributed by atoms with Gasteiger partial charge in [-0.1, -0.05) is 52.3 Å². The lowest BCUT2D eigenvalue weighted by Gasteiger charge is -2.26. The number of rotatable bonds is 5. The molecule has 0 unspecified atom stereocenters. The Morgan fingerprint density at radius 3 is 2.03 bits per heavy atom. The molecule has 2 aliphatic heterocycles. The fraction of sp³-hybridized carbons (Fsp3) is 0.423. The molecule has 168 valence electrons. The summed E-state index contributed by atoms with van der Waals surface area (Å²) >= 11 is 0. The van der Waals surface area contributed by atoms with E-state index in [1.165, 1.54) is 11.3 Å². The first kappa shape index (κ1) is 22.2. The predicted octanol–water partition coefficient (Wildman–Crippen LogP) is 4.86. The molecule has 0 atom stereocenters. The van der Waals surface area contributed by atoms with E-state index >= 15 is 0 Å². The van der Waals surface area contributed by atoms with E-state index in [9.17, 15) is 14.4 Å². The minimum absolute atomic E-state index is 0.152. The SMILES string of the molecule is CC(C)c1cccc(C(C)C)c1N1C(=O)c2ccc(C(=O)NN3CCCCC3)cc2C1=O. The average Bonchev–Trinajstić information content (AvgIpc) is 3.03. The first-order valence-corrected chi connectivity index (χ1v) is 11.5. The van der Waals surface area contributed by atoms with E-state index < -0.39 is 0 Å². The number of carbonyl (C=O) groups is 3. The highest BCUT2D eigenvalue weighted by Crippen LogP contribution is 2.39. The molecule has 3 amide bonds. The summed E-state index contributed by atoms with van der Waals surface area (Å²) in [6.45, 7) is 9.89. The van der Waals surface area contributed by atoms with Gasteiger partial charge >= 0.3 is 0 Å². The number of imide groups is 1. The summed E-state index contributed by atoms with van der Waals surface area (Å²) < 4.78 is 0. The smallest absolute Gasteiger partial charge is 0.266 e. The lowest BCUT2D eigenvalue weighted by molar-refractivity contribution is 0.0749. The molecule has 0 radical (unpaired) electrons. The predicted molar refractivity (Wildman–Crippen MR) is 125 cm³/mol. The lowest BCUT2D eigenvalue weighted by Crippen LogP contribution is -2.45. The minimum atomic E-state index is -0.368. The molecule has 4 rings (SSSR count). The molecule has 0 aromatic heterocycles. The maximum Gasteiger partial charge on any atom is 0.266 e. The number of hydrogen-bond acceptors (Lipinski definition) is 4. The number of carbonyl (C=O) groups excluding carboxylic acids is 3. The van der Waals surface area contributed by atoms with Crippen LogP contribution in [-0.4, -0.2) is 35.8 Å². The molecule has 2 aliphatic rings. The van der Waals surface area contributed by atoms with Gasteiger partial charge in [-0.2, -0.15) is 0 Å². The van der Waals surface area contributed by atoms with Crippen molar-refractivity contribution in [1.29, 1.82) is 0 Å². The number of anilines is 1. The summed E-state index contributed by atoms with van der Waals surface area (Å²) in [6.07, 6.45) is 3.29. The second-order valence-electron chi connectivity index (χ2n) is 9.29. The fourth-order valence-electron chi connectivity index (χ4n) is 4.57. The first-order chi connectivity index (χ1) is 15.3.